The van der Waals surface area contributed by atoms with Gasteiger partial charge in [-0.05, 0) is 55.8 Å². The Morgan fingerprint density at radius 3 is 2.57 bits per heavy atom. The summed E-state index contributed by atoms with van der Waals surface area (Å²) in [5.74, 6) is 3.75. The van der Waals surface area contributed by atoms with Gasteiger partial charge in [0, 0.05) is 56.7 Å². The van der Waals surface area contributed by atoms with Crippen LogP contribution >= 0.6 is 0 Å². The molecule has 3 aromatic heterocycles. The molecule has 1 spiro atoms. The van der Waals surface area contributed by atoms with E-state index in [0.29, 0.717) is 5.92 Å². The minimum atomic E-state index is 0.255. The molecule has 35 heavy (non-hydrogen) atoms. The molecule has 5 rings (SSSR count). The third-order valence-electron chi connectivity index (χ3n) is 7.51. The van der Waals surface area contributed by atoms with Crippen LogP contribution < -0.4 is 15.1 Å². The lowest BCUT2D eigenvalue weighted by molar-refractivity contribution is 0.0464. The molecule has 0 aliphatic carbocycles. The highest BCUT2D eigenvalue weighted by molar-refractivity contribution is 5.96. The molecular formula is C27H38N8. The normalized spacial score (nSPS) is 17.0. The quantitative estimate of drug-likeness (QED) is 0.474. The number of likely N-dealkylation sites (tertiary alicyclic amines) is 1. The van der Waals surface area contributed by atoms with Gasteiger partial charge in [-0.2, -0.15) is 4.98 Å². The van der Waals surface area contributed by atoms with E-state index in [4.69, 9.17) is 15.0 Å². The lowest BCUT2D eigenvalue weighted by Crippen LogP contribution is -2.76. The van der Waals surface area contributed by atoms with Crippen LogP contribution in [0, 0.1) is 0 Å². The first-order valence-corrected chi connectivity index (χ1v) is 13.0. The second kappa shape index (κ2) is 9.57. The number of nitrogens with zero attached hydrogens (tertiary/aromatic N) is 7. The first-order valence-electron chi connectivity index (χ1n) is 13.0. The van der Waals surface area contributed by atoms with E-state index in [9.17, 15) is 0 Å². The summed E-state index contributed by atoms with van der Waals surface area (Å²) < 4.78 is 0. The second-order valence-corrected chi connectivity index (χ2v) is 10.4. The lowest BCUT2D eigenvalue weighted by Gasteiger charge is -2.62. The minimum absolute atomic E-state index is 0.255. The number of anilines is 4. The van der Waals surface area contributed by atoms with E-state index in [1.807, 2.05) is 18.5 Å². The molecule has 1 N–H and O–H groups in total. The van der Waals surface area contributed by atoms with Crippen molar-refractivity contribution in [3.8, 4) is 0 Å². The number of rotatable bonds is 9. The zero-order chi connectivity index (χ0) is 24.6. The zero-order valence-corrected chi connectivity index (χ0v) is 21.8. The van der Waals surface area contributed by atoms with E-state index < -0.39 is 0 Å². The molecule has 5 heterocycles. The van der Waals surface area contributed by atoms with Gasteiger partial charge >= 0.3 is 0 Å². The van der Waals surface area contributed by atoms with E-state index in [1.54, 1.807) is 0 Å². The van der Waals surface area contributed by atoms with Gasteiger partial charge < -0.3 is 20.0 Å². The third-order valence-corrected chi connectivity index (χ3v) is 7.51. The number of hydrogen-bond donors (Lipinski definition) is 1. The Hall–Kier alpha value is -3.00. The van der Waals surface area contributed by atoms with E-state index in [1.165, 1.54) is 17.4 Å². The summed E-state index contributed by atoms with van der Waals surface area (Å²) in [6.07, 6.45) is 9.39. The summed E-state index contributed by atoms with van der Waals surface area (Å²) in [6.45, 7) is 13.9. The molecule has 0 unspecified atom stereocenters. The van der Waals surface area contributed by atoms with E-state index >= 15 is 0 Å². The standard InChI is InChI=1S/C27H38N8/c1-6-8-12-34(7-2)26-28-11-9-23(32-26)31-24-14-20-21(19(3)4)15-30-25(22(20)16-29-24)35-13-10-27(35)17-33(5)18-27/h9,11,14-16,19H,6-8,10,12-13,17-18H2,1-5H3,(H,28,29,31,32). The average molecular weight is 475 g/mol. The number of fused-ring (bicyclic) bond motifs is 1. The molecule has 0 amide bonds. The monoisotopic (exact) mass is 474 g/mol. The number of pyridine rings is 2. The number of aromatic nitrogens is 4. The van der Waals surface area contributed by atoms with E-state index in [2.05, 4.69) is 72.0 Å². The summed E-state index contributed by atoms with van der Waals surface area (Å²) in [6, 6.07) is 4.06. The number of unbranched alkanes of at least 4 members (excludes halogenated alkanes) is 1. The Morgan fingerprint density at radius 1 is 1.09 bits per heavy atom. The van der Waals surface area contributed by atoms with Gasteiger partial charge in [0.05, 0.1) is 5.54 Å². The topological polar surface area (TPSA) is 73.3 Å². The Bertz CT molecular complexity index is 1190. The van der Waals surface area contributed by atoms with Crippen molar-refractivity contribution >= 4 is 34.2 Å². The van der Waals surface area contributed by atoms with Crippen LogP contribution in [0.3, 0.4) is 0 Å². The summed E-state index contributed by atoms with van der Waals surface area (Å²) in [5.41, 5.74) is 1.50. The maximum absolute atomic E-state index is 4.95. The lowest BCUT2D eigenvalue weighted by atomic mass is 9.77. The Morgan fingerprint density at radius 2 is 1.91 bits per heavy atom. The van der Waals surface area contributed by atoms with E-state index in [-0.39, 0.29) is 5.54 Å². The van der Waals surface area contributed by atoms with Crippen LogP contribution in [0.4, 0.5) is 23.4 Å². The highest BCUT2D eigenvalue weighted by Gasteiger charge is 2.53. The maximum atomic E-state index is 4.95. The van der Waals surface area contributed by atoms with Gasteiger partial charge in [-0.25, -0.2) is 15.0 Å². The van der Waals surface area contributed by atoms with Crippen LogP contribution in [-0.4, -0.2) is 70.1 Å². The first-order chi connectivity index (χ1) is 16.9. The van der Waals surface area contributed by atoms with Crippen LogP contribution in [0.15, 0.2) is 30.7 Å². The molecule has 0 radical (unpaired) electrons. The van der Waals surface area contributed by atoms with Gasteiger partial charge in [0.15, 0.2) is 0 Å². The summed E-state index contributed by atoms with van der Waals surface area (Å²) in [5, 5.41) is 5.78. The fraction of sp³-hybridized carbons (Fsp3) is 0.556. The molecule has 0 saturated carbocycles. The molecule has 8 heteroatoms. The number of hydrogen-bond acceptors (Lipinski definition) is 8. The van der Waals surface area contributed by atoms with Crippen LogP contribution in [0.25, 0.3) is 10.8 Å². The predicted molar refractivity (Wildman–Crippen MR) is 144 cm³/mol. The van der Waals surface area contributed by atoms with Gasteiger partial charge in [0.1, 0.15) is 17.5 Å². The molecule has 0 aromatic carbocycles. The minimum Gasteiger partial charge on any atom is -0.348 e. The summed E-state index contributed by atoms with van der Waals surface area (Å²) >= 11 is 0. The highest BCUT2D eigenvalue weighted by Crippen LogP contribution is 2.44. The SMILES string of the molecule is CCCCN(CC)c1nccc(Nc2cc3c(C(C)C)cnc(N4CCC45CN(C)C5)c3cn2)n1. The molecule has 2 aliphatic heterocycles. The van der Waals surface area contributed by atoms with Crippen LogP contribution in [0.5, 0.6) is 0 Å². The number of nitrogens with one attached hydrogen (secondary N) is 1. The second-order valence-electron chi connectivity index (χ2n) is 10.4. The van der Waals surface area contributed by atoms with Crippen molar-refractivity contribution in [1.82, 2.24) is 24.8 Å². The first kappa shape index (κ1) is 23.7. The fourth-order valence-corrected chi connectivity index (χ4v) is 5.49. The molecule has 0 bridgehead atoms. The molecule has 186 valence electrons. The molecule has 8 nitrogen and oxygen atoms in total. The van der Waals surface area contributed by atoms with Gasteiger partial charge in [-0.15, -0.1) is 0 Å². The van der Waals surface area contributed by atoms with Gasteiger partial charge in [-0.1, -0.05) is 27.2 Å². The Balaban J connectivity index is 1.45. The zero-order valence-electron chi connectivity index (χ0n) is 21.8. The van der Waals surface area contributed by atoms with Crippen molar-refractivity contribution in [3.05, 3.63) is 36.3 Å². The molecule has 2 aliphatic rings. The summed E-state index contributed by atoms with van der Waals surface area (Å²) in [4.78, 5) is 26.1. The third kappa shape index (κ3) is 4.40. The van der Waals surface area contributed by atoms with Crippen molar-refractivity contribution < 1.29 is 0 Å². The largest absolute Gasteiger partial charge is 0.348 e. The van der Waals surface area contributed by atoms with Crippen molar-refractivity contribution in [1.29, 1.82) is 0 Å². The Kier molecular flexibility index (Phi) is 6.49. The molecule has 2 saturated heterocycles. The average Bonchev–Trinajstić information content (AvgIpc) is 2.82. The molecule has 3 aromatic rings. The van der Waals surface area contributed by atoms with Gasteiger partial charge in [-0.3, -0.25) is 0 Å². The molecule has 0 atom stereocenters. The highest BCUT2D eigenvalue weighted by atomic mass is 15.4. The van der Waals surface area contributed by atoms with Crippen molar-refractivity contribution in [3.63, 3.8) is 0 Å². The molecule has 2 fully saturated rings. The van der Waals surface area contributed by atoms with Crippen LogP contribution in [0.1, 0.15) is 58.4 Å². The molecular weight excluding hydrogens is 436 g/mol. The predicted octanol–water partition coefficient (Wildman–Crippen LogP) is 4.81. The fourth-order valence-electron chi connectivity index (χ4n) is 5.49. The van der Waals surface area contributed by atoms with Crippen LogP contribution in [-0.2, 0) is 0 Å². The van der Waals surface area contributed by atoms with Crippen molar-refractivity contribution in [2.24, 2.45) is 0 Å². The number of likely N-dealkylation sites (N-methyl/N-ethyl adjacent to an activating group) is 1. The van der Waals surface area contributed by atoms with Gasteiger partial charge in [0.25, 0.3) is 0 Å². The smallest absolute Gasteiger partial charge is 0.227 e. The Labute approximate surface area is 208 Å². The van der Waals surface area contributed by atoms with Crippen LogP contribution in [0.2, 0.25) is 0 Å². The van der Waals surface area contributed by atoms with Crippen molar-refractivity contribution in [2.75, 3.05) is 54.9 Å². The summed E-state index contributed by atoms with van der Waals surface area (Å²) in [7, 11) is 2.19. The van der Waals surface area contributed by atoms with E-state index in [0.717, 1.165) is 74.4 Å². The van der Waals surface area contributed by atoms with Gasteiger partial charge in [0.2, 0.25) is 5.95 Å². The maximum Gasteiger partial charge on any atom is 0.227 e. The van der Waals surface area contributed by atoms with Crippen molar-refractivity contribution in [2.45, 2.75) is 58.4 Å².